The Morgan fingerprint density at radius 2 is 0.737 bits per heavy atom. The Morgan fingerprint density at radius 1 is 0.382 bits per heavy atom. The molecule has 434 valence electrons. The van der Waals surface area contributed by atoms with Gasteiger partial charge in [-0.2, -0.15) is 0 Å². The van der Waals surface area contributed by atoms with E-state index in [0.717, 1.165) is 109 Å². The molecule has 0 amide bonds. The number of aliphatic hydroxyl groups excluding tert-OH is 1. The summed E-state index contributed by atoms with van der Waals surface area (Å²) in [7, 11) is -4.78. The van der Waals surface area contributed by atoms with Crippen LogP contribution in [-0.2, 0) is 42.2 Å². The standard InChI is InChI=1S/C64H107O11P/c1-4-7-10-13-16-19-22-25-27-29-30-32-34-37-40-43-46-49-52-55-64(68)75-61(57-71-62(66)53-50-47-44-41-38-36-33-31-28-26-23-20-17-14-11-8-5-2)59-73-76(69,70)72-58-60(56-65)74-63(67)54-51-48-45-42-39-35-24-21-18-15-12-9-6-3/h7,10,12,15-16,19,21,24-28,30,32,37,40,46,49,60-61,65H,4-6,8-9,11,13-14,17-18,20,22-23,29,31,33-36,38-39,41-45,47-48,50-59H2,1-3H3,(H,69,70)/b10-7-,15-12-,19-16-,24-21-,27-25-,28-26-,32-30-,40-37-,49-46-. The van der Waals surface area contributed by atoms with Crippen molar-refractivity contribution in [2.24, 2.45) is 0 Å². The number of phosphoric ester groups is 1. The Kier molecular flexibility index (Phi) is 54.4. The highest BCUT2D eigenvalue weighted by Gasteiger charge is 2.28. The van der Waals surface area contributed by atoms with Gasteiger partial charge in [0.25, 0.3) is 0 Å². The normalized spacial score (nSPS) is 14.1. The van der Waals surface area contributed by atoms with E-state index in [0.29, 0.717) is 25.7 Å². The van der Waals surface area contributed by atoms with Crippen molar-refractivity contribution >= 4 is 25.7 Å². The molecule has 0 aliphatic carbocycles. The van der Waals surface area contributed by atoms with Crippen LogP contribution in [0.2, 0.25) is 0 Å². The average molecular weight is 1080 g/mol. The molecule has 0 aliphatic rings. The van der Waals surface area contributed by atoms with E-state index in [2.05, 4.69) is 118 Å². The van der Waals surface area contributed by atoms with Gasteiger partial charge < -0.3 is 24.2 Å². The summed E-state index contributed by atoms with van der Waals surface area (Å²) >= 11 is 0. The second-order valence-electron chi connectivity index (χ2n) is 19.4. The van der Waals surface area contributed by atoms with Gasteiger partial charge >= 0.3 is 25.7 Å². The van der Waals surface area contributed by atoms with Crippen LogP contribution < -0.4 is 0 Å². The first kappa shape index (κ1) is 72.1. The fourth-order valence-electron chi connectivity index (χ4n) is 7.65. The number of rotatable bonds is 54. The maximum Gasteiger partial charge on any atom is 0.472 e. The molecule has 0 bridgehead atoms. The summed E-state index contributed by atoms with van der Waals surface area (Å²) < 4.78 is 39.4. The van der Waals surface area contributed by atoms with Crippen molar-refractivity contribution in [3.63, 3.8) is 0 Å². The van der Waals surface area contributed by atoms with Gasteiger partial charge in [-0.3, -0.25) is 23.4 Å². The van der Waals surface area contributed by atoms with Gasteiger partial charge in [-0.25, -0.2) is 4.57 Å². The Labute approximate surface area is 463 Å². The van der Waals surface area contributed by atoms with Crippen molar-refractivity contribution in [1.29, 1.82) is 0 Å². The van der Waals surface area contributed by atoms with Crippen LogP contribution in [0.15, 0.2) is 109 Å². The molecule has 12 heteroatoms. The summed E-state index contributed by atoms with van der Waals surface area (Å²) in [6, 6.07) is 0. The molecule has 2 N–H and O–H groups in total. The summed E-state index contributed by atoms with van der Waals surface area (Å²) in [6.07, 6.45) is 69.2. The number of ether oxygens (including phenoxy) is 3. The van der Waals surface area contributed by atoms with E-state index in [9.17, 15) is 28.9 Å². The number of allylic oxidation sites excluding steroid dienone is 18. The number of hydrogen-bond acceptors (Lipinski definition) is 10. The molecule has 0 aliphatic heterocycles. The molecule has 0 aromatic carbocycles. The molecule has 0 aromatic heterocycles. The highest BCUT2D eigenvalue weighted by molar-refractivity contribution is 7.47. The lowest BCUT2D eigenvalue weighted by molar-refractivity contribution is -0.161. The Bertz CT molecular complexity index is 1690. The van der Waals surface area contributed by atoms with Crippen LogP contribution >= 0.6 is 7.82 Å². The molecule has 0 spiro atoms. The molecular formula is C64H107O11P. The summed E-state index contributed by atoms with van der Waals surface area (Å²) in [5.74, 6) is -1.59. The number of carbonyl (C=O) groups is 3. The van der Waals surface area contributed by atoms with Gasteiger partial charge in [0.15, 0.2) is 6.10 Å². The topological polar surface area (TPSA) is 155 Å². The van der Waals surface area contributed by atoms with Crippen molar-refractivity contribution in [3.8, 4) is 0 Å². The van der Waals surface area contributed by atoms with Crippen molar-refractivity contribution in [2.75, 3.05) is 26.4 Å². The van der Waals surface area contributed by atoms with Gasteiger partial charge in [0.05, 0.1) is 19.8 Å². The molecular weight excluding hydrogens is 976 g/mol. The minimum Gasteiger partial charge on any atom is -0.462 e. The second-order valence-corrected chi connectivity index (χ2v) is 20.9. The van der Waals surface area contributed by atoms with Crippen molar-refractivity contribution in [2.45, 2.75) is 251 Å². The van der Waals surface area contributed by atoms with Gasteiger partial charge in [-0.05, 0) is 109 Å². The first-order valence-electron chi connectivity index (χ1n) is 29.8. The van der Waals surface area contributed by atoms with Crippen LogP contribution in [0.5, 0.6) is 0 Å². The molecule has 0 saturated heterocycles. The van der Waals surface area contributed by atoms with Crippen LogP contribution in [0.3, 0.4) is 0 Å². The molecule has 11 nitrogen and oxygen atoms in total. The Morgan fingerprint density at radius 3 is 1.20 bits per heavy atom. The molecule has 3 atom stereocenters. The number of hydrogen-bond donors (Lipinski definition) is 2. The lowest BCUT2D eigenvalue weighted by atomic mass is 10.1. The van der Waals surface area contributed by atoms with E-state index in [-0.39, 0.29) is 25.9 Å². The highest BCUT2D eigenvalue weighted by Crippen LogP contribution is 2.43. The number of phosphoric acid groups is 1. The SMILES string of the molecule is CC/C=C\C/C=C\C/C=C\C/C=C\C/C=C\C/C=C\CCC(=O)OC(COC(=O)CCCCCCCCC/C=C\CCCCCCCC)COP(=O)(O)OCC(CO)OC(=O)CCCCCCC/C=C\C/C=C\CCC. The van der Waals surface area contributed by atoms with Crippen molar-refractivity contribution in [1.82, 2.24) is 0 Å². The predicted molar refractivity (Wildman–Crippen MR) is 316 cm³/mol. The van der Waals surface area contributed by atoms with E-state index in [1.807, 2.05) is 12.2 Å². The lowest BCUT2D eigenvalue weighted by Crippen LogP contribution is -2.30. The minimum atomic E-state index is -4.78. The molecule has 0 heterocycles. The first-order valence-corrected chi connectivity index (χ1v) is 31.3. The van der Waals surface area contributed by atoms with E-state index < -0.39 is 57.8 Å². The Balaban J connectivity index is 4.86. The van der Waals surface area contributed by atoms with E-state index in [4.69, 9.17) is 23.3 Å². The van der Waals surface area contributed by atoms with E-state index in [1.54, 1.807) is 0 Å². The van der Waals surface area contributed by atoms with Gasteiger partial charge in [-0.1, -0.05) is 220 Å². The monoisotopic (exact) mass is 1080 g/mol. The highest BCUT2D eigenvalue weighted by atomic mass is 31.2. The third-order valence-corrected chi connectivity index (χ3v) is 13.1. The fourth-order valence-corrected chi connectivity index (χ4v) is 8.43. The van der Waals surface area contributed by atoms with Crippen LogP contribution in [0.1, 0.15) is 239 Å². The lowest BCUT2D eigenvalue weighted by Gasteiger charge is -2.21. The summed E-state index contributed by atoms with van der Waals surface area (Å²) in [5.41, 5.74) is 0. The van der Waals surface area contributed by atoms with Gasteiger partial charge in [0, 0.05) is 19.3 Å². The minimum absolute atomic E-state index is 0.0362. The third kappa shape index (κ3) is 54.9. The molecule has 3 unspecified atom stereocenters. The number of esters is 3. The zero-order valence-electron chi connectivity index (χ0n) is 47.9. The van der Waals surface area contributed by atoms with Crippen molar-refractivity contribution in [3.05, 3.63) is 109 Å². The largest absolute Gasteiger partial charge is 0.472 e. The molecule has 0 rings (SSSR count). The Hall–Kier alpha value is -3.86. The smallest absolute Gasteiger partial charge is 0.462 e. The van der Waals surface area contributed by atoms with Crippen LogP contribution in [0.25, 0.3) is 0 Å². The second kappa shape index (κ2) is 57.3. The molecule has 76 heavy (non-hydrogen) atoms. The molecule has 0 saturated carbocycles. The van der Waals surface area contributed by atoms with E-state index >= 15 is 0 Å². The average Bonchev–Trinajstić information content (AvgIpc) is 3.41. The molecule has 0 radical (unpaired) electrons. The number of aliphatic hydroxyl groups is 1. The van der Waals surface area contributed by atoms with Crippen LogP contribution in [0.4, 0.5) is 0 Å². The summed E-state index contributed by atoms with van der Waals surface area (Å²) in [4.78, 5) is 48.6. The zero-order valence-corrected chi connectivity index (χ0v) is 48.8. The van der Waals surface area contributed by atoms with Gasteiger partial charge in [0.2, 0.25) is 0 Å². The predicted octanol–water partition coefficient (Wildman–Crippen LogP) is 17.8. The summed E-state index contributed by atoms with van der Waals surface area (Å²) in [6.45, 7) is 4.36. The van der Waals surface area contributed by atoms with Crippen LogP contribution in [-0.4, -0.2) is 66.5 Å². The van der Waals surface area contributed by atoms with Gasteiger partial charge in [-0.15, -0.1) is 0 Å². The van der Waals surface area contributed by atoms with Crippen molar-refractivity contribution < 1.29 is 52.2 Å². The fraction of sp³-hybridized carbons (Fsp3) is 0.672. The zero-order chi connectivity index (χ0) is 55.5. The quantitative estimate of drug-likeness (QED) is 0.0197. The van der Waals surface area contributed by atoms with E-state index in [1.165, 1.54) is 64.2 Å². The first-order chi connectivity index (χ1) is 37.2. The molecule has 0 fully saturated rings. The van der Waals surface area contributed by atoms with Crippen LogP contribution in [0, 0.1) is 0 Å². The third-order valence-electron chi connectivity index (χ3n) is 12.1. The van der Waals surface area contributed by atoms with Gasteiger partial charge in [0.1, 0.15) is 12.7 Å². The number of carbonyl (C=O) groups excluding carboxylic acids is 3. The molecule has 0 aromatic rings. The summed E-state index contributed by atoms with van der Waals surface area (Å²) in [5, 5.41) is 9.81. The number of unbranched alkanes of at least 4 members (excludes halogenated alkanes) is 19. The maximum atomic E-state index is 12.9. The maximum absolute atomic E-state index is 12.9.